The van der Waals surface area contributed by atoms with E-state index in [-0.39, 0.29) is 27.9 Å². The summed E-state index contributed by atoms with van der Waals surface area (Å²) in [5.74, 6) is 0.579. The third-order valence-corrected chi connectivity index (χ3v) is 12.4. The van der Waals surface area contributed by atoms with E-state index in [9.17, 15) is 4.79 Å². The summed E-state index contributed by atoms with van der Waals surface area (Å²) in [4.78, 5) is 12.8. The molecule has 0 saturated heterocycles. The van der Waals surface area contributed by atoms with Crippen molar-refractivity contribution < 1.29 is 14.0 Å². The van der Waals surface area contributed by atoms with E-state index in [1.807, 2.05) is 6.92 Å². The van der Waals surface area contributed by atoms with E-state index in [4.69, 9.17) is 9.16 Å². The maximum atomic E-state index is 12.8. The van der Waals surface area contributed by atoms with Crippen molar-refractivity contribution >= 4 is 14.3 Å². The Hall–Kier alpha value is -0.873. The number of carbonyl (C=O) groups excluding carboxylic acids is 1. The predicted octanol–water partition coefficient (Wildman–Crippen LogP) is 5.88. The van der Waals surface area contributed by atoms with Gasteiger partial charge in [-0.2, -0.15) is 0 Å². The molecule has 3 rings (SSSR count). The predicted molar refractivity (Wildman–Crippen MR) is 113 cm³/mol. The van der Waals surface area contributed by atoms with Crippen molar-refractivity contribution in [3.63, 3.8) is 0 Å². The third kappa shape index (κ3) is 2.98. The molecule has 0 amide bonds. The Bertz CT molecular complexity index is 682. The highest BCUT2D eigenvalue weighted by Gasteiger charge is 2.68. The van der Waals surface area contributed by atoms with Crippen molar-refractivity contribution in [2.45, 2.75) is 85.0 Å². The van der Waals surface area contributed by atoms with Crippen molar-refractivity contribution in [3.8, 4) is 0 Å². The Kier molecular flexibility index (Phi) is 4.88. The first-order valence-corrected chi connectivity index (χ1v) is 13.4. The number of hydrogen-bond donors (Lipinski definition) is 0. The Morgan fingerprint density at radius 2 is 1.96 bits per heavy atom. The van der Waals surface area contributed by atoms with Gasteiger partial charge in [-0.25, -0.2) is 4.79 Å². The highest BCUT2D eigenvalue weighted by atomic mass is 28.4. The molecule has 2 unspecified atom stereocenters. The number of rotatable bonds is 4. The summed E-state index contributed by atoms with van der Waals surface area (Å²) in [6.45, 7) is 23.0. The molecule has 0 radical (unpaired) electrons. The van der Waals surface area contributed by atoms with Crippen LogP contribution in [0, 0.1) is 22.7 Å². The Morgan fingerprint density at radius 3 is 2.52 bits per heavy atom. The van der Waals surface area contributed by atoms with E-state index in [1.54, 1.807) is 0 Å². The fourth-order valence-electron chi connectivity index (χ4n) is 5.76. The summed E-state index contributed by atoms with van der Waals surface area (Å²) in [6.07, 6.45) is 5.19. The van der Waals surface area contributed by atoms with Crippen molar-refractivity contribution in [2.75, 3.05) is 6.61 Å². The lowest BCUT2D eigenvalue weighted by Gasteiger charge is -2.43. The number of hydrogen-bond acceptors (Lipinski definition) is 3. The number of ether oxygens (including phenoxy) is 1. The van der Waals surface area contributed by atoms with E-state index in [2.05, 4.69) is 60.4 Å². The first kappa shape index (κ1) is 20.9. The zero-order valence-corrected chi connectivity index (χ0v) is 19.6. The molecule has 4 atom stereocenters. The van der Waals surface area contributed by atoms with Gasteiger partial charge < -0.3 is 9.16 Å². The SMILES string of the molecule is C=C1C[C@@H]2[C@@H](O[Si](C)(C)C(C)(C)C)C(C)(C)CC23C(C(=O)OCC)=CCC13. The maximum Gasteiger partial charge on any atom is 0.334 e. The lowest BCUT2D eigenvalue weighted by Crippen LogP contribution is -2.48. The average molecular weight is 391 g/mol. The van der Waals surface area contributed by atoms with Crippen LogP contribution in [0.1, 0.15) is 60.8 Å². The van der Waals surface area contributed by atoms with Crippen LogP contribution >= 0.6 is 0 Å². The molecule has 3 aliphatic carbocycles. The molecule has 2 fully saturated rings. The average Bonchev–Trinajstić information content (AvgIpc) is 3.05. The standard InChI is InChI=1S/C23H38O3Si/c1-10-25-20(24)17-12-11-16-15(2)13-18-19(22(6,7)14-23(16,17)18)26-27(8,9)21(3,4)5/h12,16,18-19H,2,10-11,13-14H2,1,3-9H3/t16?,18-,19-,23?/m1/s1. The normalized spacial score (nSPS) is 35.0. The molecule has 0 aliphatic heterocycles. The van der Waals surface area contributed by atoms with Gasteiger partial charge in [0.25, 0.3) is 0 Å². The van der Waals surface area contributed by atoms with Gasteiger partial charge in [-0.1, -0.05) is 52.8 Å². The van der Waals surface area contributed by atoms with Crippen LogP contribution in [0.2, 0.25) is 18.1 Å². The van der Waals surface area contributed by atoms with Crippen LogP contribution in [0.5, 0.6) is 0 Å². The molecular formula is C23H38O3Si. The minimum absolute atomic E-state index is 0.0368. The van der Waals surface area contributed by atoms with Crippen molar-refractivity contribution in [2.24, 2.45) is 22.7 Å². The fraction of sp³-hybridized carbons (Fsp3) is 0.783. The molecule has 3 aliphatic rings. The van der Waals surface area contributed by atoms with Crippen LogP contribution in [0.15, 0.2) is 23.8 Å². The van der Waals surface area contributed by atoms with Gasteiger partial charge in [0.2, 0.25) is 0 Å². The topological polar surface area (TPSA) is 35.5 Å². The summed E-state index contributed by atoms with van der Waals surface area (Å²) < 4.78 is 12.5. The summed E-state index contributed by atoms with van der Waals surface area (Å²) in [5.41, 5.74) is 2.11. The largest absolute Gasteiger partial charge is 0.463 e. The third-order valence-electron chi connectivity index (χ3n) is 7.92. The molecule has 0 N–H and O–H groups in total. The second kappa shape index (κ2) is 6.31. The lowest BCUT2D eigenvalue weighted by atomic mass is 9.70. The van der Waals surface area contributed by atoms with E-state index >= 15 is 0 Å². The molecular weight excluding hydrogens is 352 g/mol. The molecule has 0 aromatic heterocycles. The molecule has 0 bridgehead atoms. The number of allylic oxidation sites excluding steroid dienone is 2. The molecule has 152 valence electrons. The van der Waals surface area contributed by atoms with Crippen LogP contribution in [0.25, 0.3) is 0 Å². The Morgan fingerprint density at radius 1 is 1.33 bits per heavy atom. The van der Waals surface area contributed by atoms with Gasteiger partial charge in [-0.15, -0.1) is 0 Å². The first-order valence-electron chi connectivity index (χ1n) is 10.5. The molecule has 2 saturated carbocycles. The van der Waals surface area contributed by atoms with Crippen molar-refractivity contribution in [1.82, 2.24) is 0 Å². The van der Waals surface area contributed by atoms with Gasteiger partial charge in [0.1, 0.15) is 0 Å². The van der Waals surface area contributed by atoms with Gasteiger partial charge in [0, 0.05) is 11.0 Å². The molecule has 0 heterocycles. The fourth-order valence-corrected chi connectivity index (χ4v) is 7.24. The quantitative estimate of drug-likeness (QED) is 0.342. The molecule has 3 nitrogen and oxygen atoms in total. The van der Waals surface area contributed by atoms with Crippen molar-refractivity contribution in [3.05, 3.63) is 23.8 Å². The minimum atomic E-state index is -1.92. The summed E-state index contributed by atoms with van der Waals surface area (Å²) in [5, 5.41) is 0.170. The summed E-state index contributed by atoms with van der Waals surface area (Å²) >= 11 is 0. The van der Waals surface area contributed by atoms with E-state index < -0.39 is 8.32 Å². The van der Waals surface area contributed by atoms with E-state index in [0.29, 0.717) is 18.4 Å². The van der Waals surface area contributed by atoms with Gasteiger partial charge in [-0.05, 0) is 61.6 Å². The number of carbonyl (C=O) groups is 1. The van der Waals surface area contributed by atoms with Gasteiger partial charge in [0.15, 0.2) is 8.32 Å². The molecule has 27 heavy (non-hydrogen) atoms. The van der Waals surface area contributed by atoms with E-state index in [0.717, 1.165) is 24.8 Å². The van der Waals surface area contributed by atoms with Crippen LogP contribution in [-0.4, -0.2) is 27.0 Å². The molecule has 0 aromatic rings. The second-order valence-electron chi connectivity index (χ2n) is 11.1. The monoisotopic (exact) mass is 390 g/mol. The highest BCUT2D eigenvalue weighted by Crippen LogP contribution is 2.71. The zero-order chi connectivity index (χ0) is 20.4. The smallest absolute Gasteiger partial charge is 0.334 e. The first-order chi connectivity index (χ1) is 12.3. The zero-order valence-electron chi connectivity index (χ0n) is 18.6. The number of esters is 1. The van der Waals surface area contributed by atoms with Gasteiger partial charge in [-0.3, -0.25) is 0 Å². The van der Waals surface area contributed by atoms with Crippen LogP contribution < -0.4 is 0 Å². The van der Waals surface area contributed by atoms with E-state index in [1.165, 1.54) is 5.57 Å². The minimum Gasteiger partial charge on any atom is -0.463 e. The Balaban J connectivity index is 2.02. The van der Waals surface area contributed by atoms with Gasteiger partial charge in [0.05, 0.1) is 12.7 Å². The Labute approximate surface area is 166 Å². The van der Waals surface area contributed by atoms with Crippen LogP contribution in [0.4, 0.5) is 0 Å². The van der Waals surface area contributed by atoms with Gasteiger partial charge >= 0.3 is 5.97 Å². The van der Waals surface area contributed by atoms with Crippen molar-refractivity contribution in [1.29, 1.82) is 0 Å². The second-order valence-corrected chi connectivity index (χ2v) is 15.9. The van der Waals surface area contributed by atoms with Crippen LogP contribution in [-0.2, 0) is 14.0 Å². The highest BCUT2D eigenvalue weighted by molar-refractivity contribution is 6.74. The maximum absolute atomic E-state index is 12.8. The molecule has 1 spiro atoms. The summed E-state index contributed by atoms with van der Waals surface area (Å²) in [7, 11) is -1.92. The summed E-state index contributed by atoms with van der Waals surface area (Å²) in [6, 6.07) is 0. The lowest BCUT2D eigenvalue weighted by molar-refractivity contribution is -0.140. The molecule has 4 heteroatoms. The molecule has 0 aromatic carbocycles. The van der Waals surface area contributed by atoms with Crippen LogP contribution in [0.3, 0.4) is 0 Å².